The molecule has 0 aromatic heterocycles. The molecule has 0 heterocycles. The molecule has 57 heavy (non-hydrogen) atoms. The zero-order valence-electron chi connectivity index (χ0n) is 36.1. The Kier molecular flexibility index (Phi) is 40.2. The van der Waals surface area contributed by atoms with E-state index in [-0.39, 0.29) is 19.4 Å². The minimum Gasteiger partial charge on any atom is -0.462 e. The molecule has 0 rings (SSSR count). The molecule has 330 valence electrons. The fourth-order valence-corrected chi connectivity index (χ4v) is 6.51. The number of ether oxygens (including phenoxy) is 2. The third kappa shape index (κ3) is 44.7. The van der Waals surface area contributed by atoms with Crippen LogP contribution in [-0.2, 0) is 28.2 Å². The largest absolute Gasteiger partial charge is 0.469 e. The summed E-state index contributed by atoms with van der Waals surface area (Å²) in [4.78, 5) is 42.9. The zero-order valence-corrected chi connectivity index (χ0v) is 37.0. The lowest BCUT2D eigenvalue weighted by Crippen LogP contribution is -2.29. The van der Waals surface area contributed by atoms with E-state index in [4.69, 9.17) is 19.3 Å². The Labute approximate surface area is 348 Å². The zero-order chi connectivity index (χ0) is 41.9. The molecule has 0 aliphatic rings. The van der Waals surface area contributed by atoms with Crippen LogP contribution in [0.25, 0.3) is 0 Å². The van der Waals surface area contributed by atoms with E-state index in [0.717, 1.165) is 25.7 Å². The van der Waals surface area contributed by atoms with Gasteiger partial charge in [-0.25, -0.2) is 4.57 Å². The smallest absolute Gasteiger partial charge is 0.462 e. The predicted molar refractivity (Wildman–Crippen MR) is 236 cm³/mol. The van der Waals surface area contributed by atoms with Gasteiger partial charge in [0.1, 0.15) is 6.61 Å². The Balaban J connectivity index is 4.00. The van der Waals surface area contributed by atoms with Gasteiger partial charge in [0.25, 0.3) is 0 Å². The van der Waals surface area contributed by atoms with Crippen LogP contribution in [0.15, 0.2) is 60.8 Å². The number of carbonyl (C=O) groups excluding carboxylic acids is 2. The van der Waals surface area contributed by atoms with E-state index in [0.29, 0.717) is 32.1 Å². The molecule has 0 unspecified atom stereocenters. The first-order valence-electron chi connectivity index (χ1n) is 22.7. The first kappa shape index (κ1) is 54.7. The highest BCUT2D eigenvalue weighted by atomic mass is 31.2. The third-order valence-corrected chi connectivity index (χ3v) is 10.1. The Morgan fingerprint density at radius 1 is 0.544 bits per heavy atom. The lowest BCUT2D eigenvalue weighted by molar-refractivity contribution is -0.161. The molecule has 0 aliphatic carbocycles. The molecule has 0 saturated carbocycles. The summed E-state index contributed by atoms with van der Waals surface area (Å²) in [6.45, 7) is 3.54. The first-order chi connectivity index (χ1) is 27.7. The number of phosphoric ester groups is 1. The molecule has 0 fully saturated rings. The summed E-state index contributed by atoms with van der Waals surface area (Å²) in [5.41, 5.74) is 0. The van der Waals surface area contributed by atoms with Gasteiger partial charge in [-0.15, -0.1) is 0 Å². The summed E-state index contributed by atoms with van der Waals surface area (Å²) < 4.78 is 26.4. The normalized spacial score (nSPS) is 13.6. The number of aliphatic hydroxyl groups is 1. The van der Waals surface area contributed by atoms with Crippen LogP contribution >= 0.6 is 7.82 Å². The van der Waals surface area contributed by atoms with Crippen LogP contribution in [0.1, 0.15) is 200 Å². The topological polar surface area (TPSA) is 140 Å². The molecule has 9 nitrogen and oxygen atoms in total. The molecule has 0 amide bonds. The minimum atomic E-state index is -4.79. The average molecular weight is 823 g/mol. The van der Waals surface area contributed by atoms with E-state index in [1.807, 2.05) is 36.5 Å². The van der Waals surface area contributed by atoms with Gasteiger partial charge < -0.3 is 24.4 Å². The number of esters is 2. The van der Waals surface area contributed by atoms with E-state index in [1.165, 1.54) is 116 Å². The van der Waals surface area contributed by atoms with E-state index >= 15 is 0 Å². The monoisotopic (exact) mass is 823 g/mol. The summed E-state index contributed by atoms with van der Waals surface area (Å²) >= 11 is 0. The van der Waals surface area contributed by atoms with Gasteiger partial charge >= 0.3 is 19.8 Å². The van der Waals surface area contributed by atoms with E-state index in [1.54, 1.807) is 6.08 Å². The third-order valence-electron chi connectivity index (χ3n) is 9.59. The van der Waals surface area contributed by atoms with Gasteiger partial charge in [0.05, 0.1) is 12.7 Å². The number of hydrogen-bond donors (Lipinski definition) is 3. The Bertz CT molecular complexity index is 1120. The molecule has 0 bridgehead atoms. The van der Waals surface area contributed by atoms with Crippen LogP contribution in [0.3, 0.4) is 0 Å². The van der Waals surface area contributed by atoms with Gasteiger partial charge in [-0.1, -0.05) is 177 Å². The first-order valence-corrected chi connectivity index (χ1v) is 24.2. The molecular formula is C47H83O9P. The molecule has 10 heteroatoms. The summed E-state index contributed by atoms with van der Waals surface area (Å²) in [7, 11) is -4.79. The molecule has 0 spiro atoms. The van der Waals surface area contributed by atoms with E-state index in [2.05, 4.69) is 36.6 Å². The van der Waals surface area contributed by atoms with Crippen molar-refractivity contribution in [2.75, 3.05) is 13.2 Å². The van der Waals surface area contributed by atoms with E-state index < -0.39 is 38.6 Å². The lowest BCUT2D eigenvalue weighted by atomic mass is 10.0. The number of rotatable bonds is 41. The highest BCUT2D eigenvalue weighted by molar-refractivity contribution is 7.46. The van der Waals surface area contributed by atoms with Crippen molar-refractivity contribution in [2.45, 2.75) is 212 Å². The van der Waals surface area contributed by atoms with Gasteiger partial charge in [-0.05, 0) is 70.6 Å². The van der Waals surface area contributed by atoms with Crippen LogP contribution < -0.4 is 0 Å². The van der Waals surface area contributed by atoms with E-state index in [9.17, 15) is 19.3 Å². The number of carbonyl (C=O) groups is 2. The molecule has 3 N–H and O–H groups in total. The van der Waals surface area contributed by atoms with Crippen LogP contribution in [0.4, 0.5) is 0 Å². The quantitative estimate of drug-likeness (QED) is 0.0181. The number of aliphatic hydroxyl groups excluding tert-OH is 1. The molecule has 0 aromatic rings. The van der Waals surface area contributed by atoms with Gasteiger partial charge in [0.15, 0.2) is 6.10 Å². The second kappa shape index (κ2) is 41.9. The van der Waals surface area contributed by atoms with Gasteiger partial charge in [-0.2, -0.15) is 0 Å². The Morgan fingerprint density at radius 2 is 1.02 bits per heavy atom. The SMILES string of the molecule is CCCCC/C=C\C[C@H](O)/C=C/C=C\C/C=C\CCCC(=O)O[C@H](COC(=O)CCCCCCCCCCCCC/C=C\CCCCCCCC)COP(=O)(O)O. The number of allylic oxidation sites excluding steroid dienone is 8. The van der Waals surface area contributed by atoms with Crippen molar-refractivity contribution in [3.8, 4) is 0 Å². The highest BCUT2D eigenvalue weighted by Crippen LogP contribution is 2.36. The number of hydrogen-bond acceptors (Lipinski definition) is 7. The fraction of sp³-hybridized carbons (Fsp3) is 0.745. The number of unbranched alkanes of at least 4 members (excludes halogenated alkanes) is 21. The average Bonchev–Trinajstić information content (AvgIpc) is 3.18. The maximum Gasteiger partial charge on any atom is 0.469 e. The van der Waals surface area contributed by atoms with Crippen molar-refractivity contribution >= 4 is 19.8 Å². The van der Waals surface area contributed by atoms with Crippen LogP contribution in [0, 0.1) is 0 Å². The van der Waals surface area contributed by atoms with Crippen molar-refractivity contribution in [1.82, 2.24) is 0 Å². The fourth-order valence-electron chi connectivity index (χ4n) is 6.15. The molecule has 0 radical (unpaired) electrons. The van der Waals surface area contributed by atoms with Gasteiger partial charge in [-0.3, -0.25) is 14.1 Å². The molecule has 2 atom stereocenters. The maximum atomic E-state index is 12.4. The van der Waals surface area contributed by atoms with Crippen molar-refractivity contribution in [3.63, 3.8) is 0 Å². The van der Waals surface area contributed by atoms with Gasteiger partial charge in [0.2, 0.25) is 0 Å². The van der Waals surface area contributed by atoms with Crippen molar-refractivity contribution in [1.29, 1.82) is 0 Å². The second-order valence-electron chi connectivity index (χ2n) is 15.2. The molecule has 0 saturated heterocycles. The predicted octanol–water partition coefficient (Wildman–Crippen LogP) is 13.0. The Morgan fingerprint density at radius 3 is 1.61 bits per heavy atom. The minimum absolute atomic E-state index is 0.103. The standard InChI is InChI=1S/C47H83O9P/c1-3-5-7-9-11-12-13-14-15-16-17-18-19-20-21-22-23-24-28-32-36-40-46(49)54-42-45(43-55-57(51,52)53)56-47(50)41-37-33-29-26-25-27-31-35-39-44(48)38-34-30-10-8-6-4-2/h14-15,26-27,29-31,34-35,39,44-45,48H,3-13,16-25,28,32-33,36-38,40-43H2,1-2H3,(H2,51,52,53)/b15-14-,29-26-,31-27-,34-30-,39-35+/t44-,45+/m0/s1. The lowest BCUT2D eigenvalue weighted by Gasteiger charge is -2.18. The molecule has 0 aromatic carbocycles. The van der Waals surface area contributed by atoms with Crippen LogP contribution in [0.2, 0.25) is 0 Å². The summed E-state index contributed by atoms with van der Waals surface area (Å²) in [6.07, 6.45) is 49.8. The highest BCUT2D eigenvalue weighted by Gasteiger charge is 2.22. The van der Waals surface area contributed by atoms with Gasteiger partial charge in [0, 0.05) is 12.8 Å². The Hall–Kier alpha value is -2.29. The summed E-state index contributed by atoms with van der Waals surface area (Å²) in [5, 5.41) is 10.0. The van der Waals surface area contributed by atoms with Crippen LogP contribution in [0.5, 0.6) is 0 Å². The maximum absolute atomic E-state index is 12.4. The van der Waals surface area contributed by atoms with Crippen LogP contribution in [-0.4, -0.2) is 52.3 Å². The summed E-state index contributed by atoms with van der Waals surface area (Å²) in [5.74, 6) is -0.989. The van der Waals surface area contributed by atoms with Crippen molar-refractivity contribution < 1.29 is 43.0 Å². The number of phosphoric acid groups is 1. The van der Waals surface area contributed by atoms with Crippen molar-refractivity contribution in [3.05, 3.63) is 60.8 Å². The van der Waals surface area contributed by atoms with Crippen molar-refractivity contribution in [2.24, 2.45) is 0 Å². The summed E-state index contributed by atoms with van der Waals surface area (Å²) in [6, 6.07) is 0. The second-order valence-corrected chi connectivity index (χ2v) is 16.5. The molecule has 0 aliphatic heterocycles. The molecular weight excluding hydrogens is 739 g/mol.